The SMILES string of the molecule is C=C(CS)CN(Cc1ccccc1)C1CC1. The molecule has 1 aromatic rings. The standard InChI is InChI=1S/C14H19NS/c1-12(11-16)9-15(14-7-8-14)10-13-5-3-2-4-6-13/h2-6,14,16H,1,7-11H2. The van der Waals surface area contributed by atoms with Crippen LogP contribution in [0.4, 0.5) is 0 Å². The van der Waals surface area contributed by atoms with Crippen LogP contribution < -0.4 is 0 Å². The molecule has 1 aliphatic carbocycles. The van der Waals surface area contributed by atoms with Crippen molar-refractivity contribution in [1.29, 1.82) is 0 Å². The zero-order chi connectivity index (χ0) is 11.4. The second kappa shape index (κ2) is 5.55. The lowest BCUT2D eigenvalue weighted by Gasteiger charge is -2.22. The predicted molar refractivity (Wildman–Crippen MR) is 72.9 cm³/mol. The first-order valence-corrected chi connectivity index (χ1v) is 6.48. The summed E-state index contributed by atoms with van der Waals surface area (Å²) < 4.78 is 0. The molecule has 2 rings (SSSR count). The minimum atomic E-state index is 0.775. The highest BCUT2D eigenvalue weighted by atomic mass is 32.1. The van der Waals surface area contributed by atoms with Gasteiger partial charge in [0.2, 0.25) is 0 Å². The van der Waals surface area contributed by atoms with Crippen LogP contribution in [0, 0.1) is 0 Å². The number of thiol groups is 1. The van der Waals surface area contributed by atoms with Crippen molar-refractivity contribution >= 4 is 12.6 Å². The Bertz CT molecular complexity index is 343. The summed E-state index contributed by atoms with van der Waals surface area (Å²) >= 11 is 4.28. The van der Waals surface area contributed by atoms with E-state index in [0.29, 0.717) is 0 Å². The first-order valence-electron chi connectivity index (χ1n) is 5.85. The number of nitrogens with zero attached hydrogens (tertiary/aromatic N) is 1. The summed E-state index contributed by atoms with van der Waals surface area (Å²) in [5, 5.41) is 0. The summed E-state index contributed by atoms with van der Waals surface area (Å²) in [6.45, 7) is 6.08. The third-order valence-corrected chi connectivity index (χ3v) is 3.39. The second-order valence-electron chi connectivity index (χ2n) is 4.53. The molecular weight excluding hydrogens is 214 g/mol. The van der Waals surface area contributed by atoms with E-state index in [0.717, 1.165) is 24.9 Å². The van der Waals surface area contributed by atoms with E-state index >= 15 is 0 Å². The molecule has 1 aromatic carbocycles. The first-order chi connectivity index (χ1) is 7.79. The Kier molecular flexibility index (Phi) is 4.08. The van der Waals surface area contributed by atoms with Gasteiger partial charge in [-0.2, -0.15) is 12.6 Å². The molecular formula is C14H19NS. The van der Waals surface area contributed by atoms with Gasteiger partial charge in [0, 0.05) is 24.9 Å². The van der Waals surface area contributed by atoms with Crippen LogP contribution in [0.1, 0.15) is 18.4 Å². The molecule has 1 nitrogen and oxygen atoms in total. The molecule has 0 aliphatic heterocycles. The maximum absolute atomic E-state index is 4.28. The summed E-state index contributed by atoms with van der Waals surface area (Å²) in [5.74, 6) is 0.790. The van der Waals surface area contributed by atoms with Crippen LogP contribution in [0.25, 0.3) is 0 Å². The molecule has 0 saturated heterocycles. The molecule has 16 heavy (non-hydrogen) atoms. The van der Waals surface area contributed by atoms with E-state index in [-0.39, 0.29) is 0 Å². The van der Waals surface area contributed by atoms with E-state index in [1.165, 1.54) is 24.0 Å². The molecule has 1 aliphatic rings. The Hall–Kier alpha value is -0.730. The van der Waals surface area contributed by atoms with Crippen molar-refractivity contribution in [3.63, 3.8) is 0 Å². The van der Waals surface area contributed by atoms with E-state index < -0.39 is 0 Å². The lowest BCUT2D eigenvalue weighted by Crippen LogP contribution is -2.27. The van der Waals surface area contributed by atoms with Crippen LogP contribution in [0.5, 0.6) is 0 Å². The molecule has 0 bridgehead atoms. The number of hydrogen-bond donors (Lipinski definition) is 1. The quantitative estimate of drug-likeness (QED) is 0.583. The molecule has 2 heteroatoms. The van der Waals surface area contributed by atoms with Gasteiger partial charge < -0.3 is 0 Å². The third-order valence-electron chi connectivity index (χ3n) is 2.94. The maximum atomic E-state index is 4.28. The van der Waals surface area contributed by atoms with Crippen molar-refractivity contribution < 1.29 is 0 Å². The lowest BCUT2D eigenvalue weighted by atomic mass is 10.2. The highest BCUT2D eigenvalue weighted by molar-refractivity contribution is 7.80. The van der Waals surface area contributed by atoms with E-state index in [2.05, 4.69) is 54.4 Å². The summed E-state index contributed by atoms with van der Waals surface area (Å²) in [5.41, 5.74) is 2.60. The Morgan fingerprint density at radius 3 is 2.56 bits per heavy atom. The van der Waals surface area contributed by atoms with Crippen LogP contribution in [-0.2, 0) is 6.54 Å². The zero-order valence-electron chi connectivity index (χ0n) is 9.60. The van der Waals surface area contributed by atoms with Crippen molar-refractivity contribution in [2.45, 2.75) is 25.4 Å². The third kappa shape index (κ3) is 3.39. The largest absolute Gasteiger partial charge is 0.292 e. The monoisotopic (exact) mass is 233 g/mol. The predicted octanol–water partition coefficient (Wildman–Crippen LogP) is 3.14. The average Bonchev–Trinajstić information content (AvgIpc) is 3.13. The topological polar surface area (TPSA) is 3.24 Å². The van der Waals surface area contributed by atoms with Gasteiger partial charge in [-0.05, 0) is 18.4 Å². The smallest absolute Gasteiger partial charge is 0.0240 e. The summed E-state index contributed by atoms with van der Waals surface area (Å²) in [6.07, 6.45) is 2.68. The van der Waals surface area contributed by atoms with Gasteiger partial charge in [-0.15, -0.1) is 0 Å². The molecule has 0 spiro atoms. The summed E-state index contributed by atoms with van der Waals surface area (Å²) in [6, 6.07) is 11.4. The van der Waals surface area contributed by atoms with Crippen LogP contribution in [-0.4, -0.2) is 23.2 Å². The van der Waals surface area contributed by atoms with Crippen molar-refractivity contribution in [3.8, 4) is 0 Å². The Morgan fingerprint density at radius 2 is 2.00 bits per heavy atom. The fourth-order valence-electron chi connectivity index (χ4n) is 1.91. The molecule has 1 saturated carbocycles. The highest BCUT2D eigenvalue weighted by Crippen LogP contribution is 2.28. The molecule has 0 heterocycles. The first kappa shape index (κ1) is 11.7. The highest BCUT2D eigenvalue weighted by Gasteiger charge is 2.28. The molecule has 0 amide bonds. The molecule has 0 N–H and O–H groups in total. The van der Waals surface area contributed by atoms with Gasteiger partial charge in [-0.3, -0.25) is 4.90 Å². The van der Waals surface area contributed by atoms with Gasteiger partial charge >= 0.3 is 0 Å². The lowest BCUT2D eigenvalue weighted by molar-refractivity contribution is 0.278. The van der Waals surface area contributed by atoms with Gasteiger partial charge in [0.25, 0.3) is 0 Å². The van der Waals surface area contributed by atoms with Crippen molar-refractivity contribution in [2.75, 3.05) is 12.3 Å². The van der Waals surface area contributed by atoms with Crippen LogP contribution in [0.2, 0.25) is 0 Å². The fraction of sp³-hybridized carbons (Fsp3) is 0.429. The number of benzene rings is 1. The van der Waals surface area contributed by atoms with Crippen LogP contribution in [0.15, 0.2) is 42.5 Å². The van der Waals surface area contributed by atoms with Gasteiger partial charge in [0.15, 0.2) is 0 Å². The maximum Gasteiger partial charge on any atom is 0.0240 e. The molecule has 0 radical (unpaired) electrons. The van der Waals surface area contributed by atoms with E-state index in [1.54, 1.807) is 0 Å². The number of rotatable bonds is 6. The molecule has 0 unspecified atom stereocenters. The van der Waals surface area contributed by atoms with Crippen molar-refractivity contribution in [1.82, 2.24) is 4.90 Å². The van der Waals surface area contributed by atoms with Gasteiger partial charge in [-0.25, -0.2) is 0 Å². The van der Waals surface area contributed by atoms with Crippen LogP contribution >= 0.6 is 12.6 Å². The van der Waals surface area contributed by atoms with Gasteiger partial charge in [0.05, 0.1) is 0 Å². The minimum absolute atomic E-state index is 0.775. The Balaban J connectivity index is 1.95. The van der Waals surface area contributed by atoms with E-state index in [4.69, 9.17) is 0 Å². The van der Waals surface area contributed by atoms with Gasteiger partial charge in [0.1, 0.15) is 0 Å². The van der Waals surface area contributed by atoms with Crippen LogP contribution in [0.3, 0.4) is 0 Å². The zero-order valence-corrected chi connectivity index (χ0v) is 10.5. The van der Waals surface area contributed by atoms with E-state index in [9.17, 15) is 0 Å². The summed E-state index contributed by atoms with van der Waals surface area (Å²) in [7, 11) is 0. The Morgan fingerprint density at radius 1 is 1.31 bits per heavy atom. The van der Waals surface area contributed by atoms with Crippen molar-refractivity contribution in [2.24, 2.45) is 0 Å². The second-order valence-corrected chi connectivity index (χ2v) is 4.85. The number of hydrogen-bond acceptors (Lipinski definition) is 2. The fourth-order valence-corrected chi connectivity index (χ4v) is 2.01. The van der Waals surface area contributed by atoms with Crippen molar-refractivity contribution in [3.05, 3.63) is 48.0 Å². The van der Waals surface area contributed by atoms with Gasteiger partial charge in [-0.1, -0.05) is 42.5 Å². The molecule has 0 atom stereocenters. The average molecular weight is 233 g/mol. The molecule has 86 valence electrons. The van der Waals surface area contributed by atoms with E-state index in [1.807, 2.05) is 0 Å². The minimum Gasteiger partial charge on any atom is -0.292 e. The molecule has 0 aromatic heterocycles. The normalized spacial score (nSPS) is 15.4. The summed E-state index contributed by atoms with van der Waals surface area (Å²) in [4.78, 5) is 2.52. The Labute approximate surface area is 104 Å². The molecule has 1 fully saturated rings.